The van der Waals surface area contributed by atoms with Gasteiger partial charge in [0, 0.05) is 36.4 Å². The minimum Gasteiger partial charge on any atom is -0.416 e. The lowest BCUT2D eigenvalue weighted by atomic mass is 9.95. The third-order valence-electron chi connectivity index (χ3n) is 8.33. The molecule has 5 rings (SSSR count). The number of ether oxygens (including phenoxy) is 1. The fourth-order valence-electron chi connectivity index (χ4n) is 4.62. The number of carbonyl (C=O) groups is 1. The van der Waals surface area contributed by atoms with Crippen LogP contribution in [0.3, 0.4) is 0 Å². The van der Waals surface area contributed by atoms with Crippen molar-refractivity contribution in [3.8, 4) is 23.2 Å². The third-order valence-corrected chi connectivity index (χ3v) is 12.8. The molecule has 9 nitrogen and oxygen atoms in total. The molecule has 3 heterocycles. The Morgan fingerprint density at radius 2 is 1.86 bits per heavy atom. The van der Waals surface area contributed by atoms with Gasteiger partial charge in [-0.15, -0.1) is 0 Å². The molecule has 1 saturated carbocycles. The molecular weight excluding hydrogens is 556 g/mol. The zero-order valence-electron chi connectivity index (χ0n) is 26.1. The van der Waals surface area contributed by atoms with E-state index in [-0.39, 0.29) is 22.2 Å². The standard InChI is InChI=1S/C33H40N6O3Si/c1-32(2,3)43(6,7)41-20-33(4,5)19-39-21-36-27-15-24(10-11-28(27)39)26-16-25(23-8-9-23)17-30(37-26)42-31(40)38-29-14-22(18-34)12-13-35-29/h10-17,21,23H,8-9,19-20H2,1-7H3,(H,35,38,40). The van der Waals surface area contributed by atoms with Crippen LogP contribution in [-0.2, 0) is 11.0 Å². The lowest BCUT2D eigenvalue weighted by Gasteiger charge is -2.39. The minimum absolute atomic E-state index is 0.0692. The van der Waals surface area contributed by atoms with Crippen LogP contribution in [0.25, 0.3) is 22.3 Å². The second-order valence-corrected chi connectivity index (χ2v) is 18.6. The molecule has 0 saturated heterocycles. The molecule has 1 aliphatic carbocycles. The van der Waals surface area contributed by atoms with Gasteiger partial charge in [-0.25, -0.2) is 19.7 Å². The fourth-order valence-corrected chi connectivity index (χ4v) is 5.80. The number of nitriles is 1. The average Bonchev–Trinajstić information content (AvgIpc) is 3.73. The van der Waals surface area contributed by atoms with E-state index >= 15 is 0 Å². The monoisotopic (exact) mass is 596 g/mol. The molecule has 0 unspecified atom stereocenters. The normalized spacial score (nSPS) is 14.0. The Bertz CT molecular complexity index is 1700. The molecular formula is C33H40N6O3Si. The number of fused-ring (bicyclic) bond motifs is 1. The predicted molar refractivity (Wildman–Crippen MR) is 170 cm³/mol. The Labute approximate surface area is 254 Å². The van der Waals surface area contributed by atoms with Crippen molar-refractivity contribution in [3.05, 3.63) is 66.1 Å². The molecule has 10 heteroatoms. The first kappa shape index (κ1) is 30.4. The number of nitrogens with one attached hydrogen (secondary N) is 1. The molecule has 3 aromatic heterocycles. The summed E-state index contributed by atoms with van der Waals surface area (Å²) in [6.45, 7) is 17.3. The van der Waals surface area contributed by atoms with E-state index in [0.29, 0.717) is 18.1 Å². The van der Waals surface area contributed by atoms with Gasteiger partial charge in [0.1, 0.15) is 5.82 Å². The first-order valence-corrected chi connectivity index (χ1v) is 17.6. The van der Waals surface area contributed by atoms with E-state index in [2.05, 4.69) is 79.7 Å². The molecule has 0 radical (unpaired) electrons. The van der Waals surface area contributed by atoms with Crippen molar-refractivity contribution in [2.75, 3.05) is 11.9 Å². The van der Waals surface area contributed by atoms with E-state index in [1.807, 2.05) is 30.6 Å². The van der Waals surface area contributed by atoms with Gasteiger partial charge < -0.3 is 13.7 Å². The van der Waals surface area contributed by atoms with E-state index < -0.39 is 14.4 Å². The van der Waals surface area contributed by atoms with Crippen LogP contribution in [-0.4, -0.2) is 40.5 Å². The molecule has 0 bridgehead atoms. The highest BCUT2D eigenvalue weighted by atomic mass is 28.4. The SMILES string of the molecule is CC(C)(CO[Si](C)(C)C(C)(C)C)Cn1cnc2cc(-c3cc(C4CC4)cc(OC(=O)Nc4cc(C#N)ccn4)n3)ccc21. The number of benzene rings is 1. The van der Waals surface area contributed by atoms with Crippen molar-refractivity contribution < 1.29 is 14.0 Å². The third kappa shape index (κ3) is 7.29. The summed E-state index contributed by atoms with van der Waals surface area (Å²) in [4.78, 5) is 26.1. The van der Waals surface area contributed by atoms with Crippen molar-refractivity contribution in [2.45, 2.75) is 78.1 Å². The zero-order valence-corrected chi connectivity index (χ0v) is 27.1. The summed E-state index contributed by atoms with van der Waals surface area (Å²) in [5, 5.41) is 11.9. The van der Waals surface area contributed by atoms with Crippen LogP contribution in [0, 0.1) is 16.7 Å². The van der Waals surface area contributed by atoms with E-state index in [1.54, 1.807) is 6.07 Å². The van der Waals surface area contributed by atoms with Gasteiger partial charge in [0.25, 0.3) is 0 Å². The molecule has 1 aliphatic rings. The van der Waals surface area contributed by atoms with Gasteiger partial charge >= 0.3 is 6.09 Å². The van der Waals surface area contributed by atoms with Crippen LogP contribution < -0.4 is 10.1 Å². The zero-order chi connectivity index (χ0) is 31.0. The van der Waals surface area contributed by atoms with Crippen LogP contribution in [0.5, 0.6) is 5.88 Å². The maximum Gasteiger partial charge on any atom is 0.419 e. The predicted octanol–water partition coefficient (Wildman–Crippen LogP) is 7.90. The summed E-state index contributed by atoms with van der Waals surface area (Å²) in [5.74, 6) is 0.876. The largest absolute Gasteiger partial charge is 0.419 e. The summed E-state index contributed by atoms with van der Waals surface area (Å²) < 4.78 is 14.3. The molecule has 1 amide bonds. The molecule has 224 valence electrons. The van der Waals surface area contributed by atoms with Crippen molar-refractivity contribution in [2.24, 2.45) is 5.41 Å². The Hall–Kier alpha value is -4.07. The number of imidazole rings is 1. The van der Waals surface area contributed by atoms with Crippen LogP contribution in [0.4, 0.5) is 10.6 Å². The minimum atomic E-state index is -1.84. The summed E-state index contributed by atoms with van der Waals surface area (Å²) in [6, 6.07) is 15.1. The lowest BCUT2D eigenvalue weighted by molar-refractivity contribution is 0.147. The van der Waals surface area contributed by atoms with E-state index in [4.69, 9.17) is 19.4 Å². The Kier molecular flexibility index (Phi) is 8.16. The van der Waals surface area contributed by atoms with Gasteiger partial charge in [-0.05, 0) is 72.8 Å². The highest BCUT2D eigenvalue weighted by Crippen LogP contribution is 2.42. The quantitative estimate of drug-likeness (QED) is 0.195. The highest BCUT2D eigenvalue weighted by Gasteiger charge is 2.38. The number of aromatic nitrogens is 4. The molecule has 1 fully saturated rings. The molecule has 1 aromatic carbocycles. The van der Waals surface area contributed by atoms with Gasteiger partial charge in [-0.2, -0.15) is 5.26 Å². The van der Waals surface area contributed by atoms with Gasteiger partial charge in [0.05, 0.1) is 34.7 Å². The van der Waals surface area contributed by atoms with E-state index in [9.17, 15) is 4.79 Å². The van der Waals surface area contributed by atoms with Crippen molar-refractivity contribution in [3.63, 3.8) is 0 Å². The van der Waals surface area contributed by atoms with Gasteiger partial charge in [0.2, 0.25) is 5.88 Å². The van der Waals surface area contributed by atoms with Crippen LogP contribution in [0.1, 0.15) is 64.5 Å². The second kappa shape index (κ2) is 11.5. The summed E-state index contributed by atoms with van der Waals surface area (Å²) in [6.07, 6.45) is 4.82. The Morgan fingerprint density at radius 3 is 2.56 bits per heavy atom. The van der Waals surface area contributed by atoms with Crippen LogP contribution >= 0.6 is 0 Å². The molecule has 0 atom stereocenters. The van der Waals surface area contributed by atoms with Crippen molar-refractivity contribution in [1.82, 2.24) is 19.5 Å². The molecule has 0 aliphatic heterocycles. The molecule has 43 heavy (non-hydrogen) atoms. The second-order valence-electron chi connectivity index (χ2n) is 13.7. The number of hydrogen-bond donors (Lipinski definition) is 1. The lowest BCUT2D eigenvalue weighted by Crippen LogP contribution is -2.43. The number of hydrogen-bond acceptors (Lipinski definition) is 7. The topological polar surface area (TPSA) is 115 Å². The summed E-state index contributed by atoms with van der Waals surface area (Å²) in [5.41, 5.74) is 4.95. The summed E-state index contributed by atoms with van der Waals surface area (Å²) >= 11 is 0. The van der Waals surface area contributed by atoms with Crippen LogP contribution in [0.2, 0.25) is 18.1 Å². The number of nitrogens with zero attached hydrogens (tertiary/aromatic N) is 5. The van der Waals surface area contributed by atoms with Gasteiger partial charge in [0.15, 0.2) is 8.32 Å². The average molecular weight is 597 g/mol. The van der Waals surface area contributed by atoms with E-state index in [0.717, 1.165) is 47.2 Å². The molecule has 4 aromatic rings. The Balaban J connectivity index is 1.34. The number of amides is 1. The number of rotatable bonds is 9. The number of anilines is 1. The fraction of sp³-hybridized carbons (Fsp3) is 0.424. The van der Waals surface area contributed by atoms with Crippen LogP contribution in [0.15, 0.2) is 55.0 Å². The first-order valence-electron chi connectivity index (χ1n) is 14.7. The summed E-state index contributed by atoms with van der Waals surface area (Å²) in [7, 11) is -1.84. The van der Waals surface area contributed by atoms with Crippen molar-refractivity contribution >= 4 is 31.3 Å². The highest BCUT2D eigenvalue weighted by molar-refractivity contribution is 6.74. The van der Waals surface area contributed by atoms with Gasteiger partial charge in [-0.1, -0.05) is 40.7 Å². The maximum absolute atomic E-state index is 12.7. The smallest absolute Gasteiger partial charge is 0.416 e. The van der Waals surface area contributed by atoms with Gasteiger partial charge in [-0.3, -0.25) is 5.32 Å². The molecule has 1 N–H and O–H groups in total. The Morgan fingerprint density at radius 1 is 1.09 bits per heavy atom. The molecule has 0 spiro atoms. The number of pyridine rings is 2. The first-order chi connectivity index (χ1) is 20.2. The maximum atomic E-state index is 12.7. The van der Waals surface area contributed by atoms with Crippen molar-refractivity contribution in [1.29, 1.82) is 5.26 Å². The number of carbonyl (C=O) groups excluding carboxylic acids is 1. The van der Waals surface area contributed by atoms with E-state index in [1.165, 1.54) is 12.3 Å².